The van der Waals surface area contributed by atoms with Gasteiger partial charge in [0.2, 0.25) is 0 Å². The van der Waals surface area contributed by atoms with Crippen molar-refractivity contribution in [3.8, 4) is 11.5 Å². The average molecular weight is 376 g/mol. The van der Waals surface area contributed by atoms with Gasteiger partial charge >= 0.3 is 0 Å². The summed E-state index contributed by atoms with van der Waals surface area (Å²) in [4.78, 5) is 36.5. The van der Waals surface area contributed by atoms with Gasteiger partial charge in [0.25, 0.3) is 5.69 Å². The van der Waals surface area contributed by atoms with E-state index in [1.807, 2.05) is 0 Å². The first-order valence-electron chi connectivity index (χ1n) is 8.18. The fourth-order valence-electron chi connectivity index (χ4n) is 3.23. The van der Waals surface area contributed by atoms with Gasteiger partial charge in [0.15, 0.2) is 23.0 Å². The van der Waals surface area contributed by atoms with E-state index in [0.29, 0.717) is 5.69 Å². The summed E-state index contributed by atoms with van der Waals surface area (Å²) in [6.45, 7) is 0. The Bertz CT molecular complexity index is 1170. The molecular formula is C20H12N2O6. The van der Waals surface area contributed by atoms with E-state index in [-0.39, 0.29) is 27.9 Å². The molecule has 0 spiro atoms. The molecule has 0 saturated carbocycles. The van der Waals surface area contributed by atoms with Gasteiger partial charge < -0.3 is 15.5 Å². The number of anilines is 2. The number of phenols is 2. The van der Waals surface area contributed by atoms with E-state index in [9.17, 15) is 29.9 Å². The molecule has 1 aliphatic carbocycles. The topological polar surface area (TPSA) is 130 Å². The fourth-order valence-corrected chi connectivity index (χ4v) is 3.23. The van der Waals surface area contributed by atoms with Gasteiger partial charge in [0, 0.05) is 22.9 Å². The average Bonchev–Trinajstić information content (AvgIpc) is 2.68. The minimum atomic E-state index is -0.771. The fraction of sp³-hybridized carbons (Fsp3) is 0. The second kappa shape index (κ2) is 6.20. The van der Waals surface area contributed by atoms with Crippen LogP contribution in [0.4, 0.5) is 17.1 Å². The lowest BCUT2D eigenvalue weighted by Gasteiger charge is -2.21. The van der Waals surface area contributed by atoms with Gasteiger partial charge in [0.1, 0.15) is 5.75 Å². The van der Waals surface area contributed by atoms with Gasteiger partial charge in [-0.1, -0.05) is 30.3 Å². The number of aromatic hydroxyl groups is 2. The Kier molecular flexibility index (Phi) is 3.82. The Morgan fingerprint density at radius 3 is 2.21 bits per heavy atom. The molecule has 0 unspecified atom stereocenters. The molecular weight excluding hydrogens is 364 g/mol. The quantitative estimate of drug-likeness (QED) is 0.283. The number of ketones is 2. The number of rotatable bonds is 3. The molecule has 3 N–H and O–H groups in total. The third-order valence-corrected chi connectivity index (χ3v) is 4.51. The number of fused-ring (bicyclic) bond motifs is 2. The molecule has 0 aliphatic heterocycles. The highest BCUT2D eigenvalue weighted by molar-refractivity contribution is 6.31. The zero-order valence-electron chi connectivity index (χ0n) is 14.2. The molecule has 0 amide bonds. The van der Waals surface area contributed by atoms with E-state index in [4.69, 9.17) is 0 Å². The summed E-state index contributed by atoms with van der Waals surface area (Å²) in [6, 6.07) is 13.3. The van der Waals surface area contributed by atoms with Crippen molar-refractivity contribution in [2.75, 3.05) is 5.32 Å². The maximum absolute atomic E-state index is 12.9. The van der Waals surface area contributed by atoms with Crippen LogP contribution in [0, 0.1) is 10.1 Å². The molecule has 3 aromatic carbocycles. The number of benzene rings is 3. The van der Waals surface area contributed by atoms with Crippen molar-refractivity contribution >= 4 is 28.6 Å². The van der Waals surface area contributed by atoms with Gasteiger partial charge in [-0.2, -0.15) is 0 Å². The summed E-state index contributed by atoms with van der Waals surface area (Å²) in [5.41, 5.74) is -1.40. The number of para-hydroxylation sites is 1. The van der Waals surface area contributed by atoms with Crippen LogP contribution in [0.2, 0.25) is 0 Å². The van der Waals surface area contributed by atoms with Crippen LogP contribution in [0.1, 0.15) is 31.8 Å². The highest BCUT2D eigenvalue weighted by Gasteiger charge is 2.38. The Morgan fingerprint density at radius 1 is 0.857 bits per heavy atom. The molecule has 3 aromatic rings. The van der Waals surface area contributed by atoms with Crippen molar-refractivity contribution in [1.82, 2.24) is 0 Å². The van der Waals surface area contributed by atoms with Gasteiger partial charge in [0.05, 0.1) is 16.1 Å². The number of phenolic OH excluding ortho intramolecular Hbond substituents is 2. The first-order valence-corrected chi connectivity index (χ1v) is 8.18. The Morgan fingerprint density at radius 2 is 1.54 bits per heavy atom. The minimum absolute atomic E-state index is 0.0766. The second-order valence-electron chi connectivity index (χ2n) is 6.15. The standard InChI is InChI=1S/C20H12N2O6/c23-14-8-4-7-11-15(14)19(25)12-9-13(22(27)28)17(20(26)16(12)18(11)24)21-10-5-2-1-3-6-10/h1-9,21,23,26H. The van der Waals surface area contributed by atoms with Crippen LogP contribution in [0.25, 0.3) is 0 Å². The van der Waals surface area contributed by atoms with Crippen LogP contribution in [0.3, 0.4) is 0 Å². The number of hydrogen-bond acceptors (Lipinski definition) is 7. The van der Waals surface area contributed by atoms with E-state index < -0.39 is 33.7 Å². The molecule has 0 heterocycles. The lowest BCUT2D eigenvalue weighted by molar-refractivity contribution is -0.384. The van der Waals surface area contributed by atoms with Crippen LogP contribution < -0.4 is 5.32 Å². The Hall–Kier alpha value is -4.20. The number of carbonyl (C=O) groups excluding carboxylic acids is 2. The molecule has 28 heavy (non-hydrogen) atoms. The highest BCUT2D eigenvalue weighted by atomic mass is 16.6. The largest absolute Gasteiger partial charge is 0.507 e. The first kappa shape index (κ1) is 17.2. The number of carbonyl (C=O) groups is 2. The maximum atomic E-state index is 12.9. The molecule has 0 fully saturated rings. The predicted octanol–water partition coefficient (Wildman–Crippen LogP) is 3.53. The summed E-state index contributed by atoms with van der Waals surface area (Å²) in [6.07, 6.45) is 0. The Balaban J connectivity index is 1.98. The zero-order valence-corrected chi connectivity index (χ0v) is 14.2. The van der Waals surface area contributed by atoms with Crippen molar-refractivity contribution in [1.29, 1.82) is 0 Å². The molecule has 8 heteroatoms. The highest BCUT2D eigenvalue weighted by Crippen LogP contribution is 2.45. The molecule has 0 aromatic heterocycles. The number of nitrogens with zero attached hydrogens (tertiary/aromatic N) is 1. The molecule has 0 saturated heterocycles. The normalized spacial score (nSPS) is 12.3. The summed E-state index contributed by atoms with van der Waals surface area (Å²) < 4.78 is 0. The van der Waals surface area contributed by atoms with Crippen molar-refractivity contribution in [2.45, 2.75) is 0 Å². The molecule has 1 aliphatic rings. The molecule has 0 atom stereocenters. The molecule has 8 nitrogen and oxygen atoms in total. The van der Waals surface area contributed by atoms with Crippen LogP contribution in [-0.4, -0.2) is 26.7 Å². The van der Waals surface area contributed by atoms with Crippen molar-refractivity contribution < 1.29 is 24.7 Å². The third kappa shape index (κ3) is 2.47. The Labute approximate surface area is 157 Å². The molecule has 0 radical (unpaired) electrons. The predicted molar refractivity (Wildman–Crippen MR) is 99.5 cm³/mol. The SMILES string of the molecule is O=C1c2cc([N+](=O)[O-])c(Nc3ccccc3)c(O)c2C(=O)c2cccc(O)c21. The molecule has 138 valence electrons. The smallest absolute Gasteiger partial charge is 0.297 e. The number of hydrogen-bond donors (Lipinski definition) is 3. The lowest BCUT2D eigenvalue weighted by atomic mass is 9.82. The minimum Gasteiger partial charge on any atom is -0.507 e. The van der Waals surface area contributed by atoms with Crippen LogP contribution in [0.15, 0.2) is 54.6 Å². The van der Waals surface area contributed by atoms with Crippen molar-refractivity contribution in [3.63, 3.8) is 0 Å². The summed E-state index contributed by atoms with van der Waals surface area (Å²) in [7, 11) is 0. The molecule has 4 rings (SSSR count). The van der Waals surface area contributed by atoms with E-state index >= 15 is 0 Å². The number of nitrogens with one attached hydrogen (secondary N) is 1. The third-order valence-electron chi connectivity index (χ3n) is 4.51. The van der Waals surface area contributed by atoms with Gasteiger partial charge in [-0.15, -0.1) is 0 Å². The summed E-state index contributed by atoms with van der Waals surface area (Å²) in [5.74, 6) is -2.58. The summed E-state index contributed by atoms with van der Waals surface area (Å²) >= 11 is 0. The number of nitro benzene ring substituents is 1. The summed E-state index contributed by atoms with van der Waals surface area (Å²) in [5, 5.41) is 35.0. The first-order chi connectivity index (χ1) is 13.4. The van der Waals surface area contributed by atoms with E-state index in [0.717, 1.165) is 6.07 Å². The van der Waals surface area contributed by atoms with Crippen LogP contribution >= 0.6 is 0 Å². The van der Waals surface area contributed by atoms with Crippen molar-refractivity contribution in [2.24, 2.45) is 0 Å². The second-order valence-corrected chi connectivity index (χ2v) is 6.15. The van der Waals surface area contributed by atoms with Gasteiger partial charge in [-0.05, 0) is 18.2 Å². The number of nitro groups is 1. The van der Waals surface area contributed by atoms with E-state index in [1.54, 1.807) is 30.3 Å². The monoisotopic (exact) mass is 376 g/mol. The van der Waals surface area contributed by atoms with Gasteiger partial charge in [-0.25, -0.2) is 0 Å². The zero-order chi connectivity index (χ0) is 20.0. The van der Waals surface area contributed by atoms with E-state index in [1.165, 1.54) is 18.2 Å². The lowest BCUT2D eigenvalue weighted by Crippen LogP contribution is -2.22. The maximum Gasteiger partial charge on any atom is 0.297 e. The van der Waals surface area contributed by atoms with Gasteiger partial charge in [-0.3, -0.25) is 19.7 Å². The molecule has 0 bridgehead atoms. The van der Waals surface area contributed by atoms with Crippen LogP contribution in [-0.2, 0) is 0 Å². The van der Waals surface area contributed by atoms with Crippen LogP contribution in [0.5, 0.6) is 11.5 Å². The van der Waals surface area contributed by atoms with Crippen molar-refractivity contribution in [3.05, 3.63) is 87.0 Å². The van der Waals surface area contributed by atoms with E-state index in [2.05, 4.69) is 5.32 Å².